The van der Waals surface area contributed by atoms with Crippen molar-refractivity contribution in [2.24, 2.45) is 0 Å². The van der Waals surface area contributed by atoms with Gasteiger partial charge in [0.1, 0.15) is 0 Å². The smallest absolute Gasteiger partial charge is 0.393 e. The molecule has 0 saturated heterocycles. The predicted octanol–water partition coefficient (Wildman–Crippen LogP) is 7.13. The van der Waals surface area contributed by atoms with Crippen LogP contribution in [0.5, 0.6) is 0 Å². The highest BCUT2D eigenvalue weighted by atomic mass is 19.4. The van der Waals surface area contributed by atoms with Crippen molar-refractivity contribution in [1.29, 1.82) is 0 Å². The van der Waals surface area contributed by atoms with Crippen molar-refractivity contribution < 1.29 is 71.0 Å². The fourth-order valence-electron chi connectivity index (χ4n) is 2.71. The van der Waals surface area contributed by atoms with Crippen LogP contribution in [0.15, 0.2) is 30.3 Å². The molecule has 1 atom stereocenters. The van der Waals surface area contributed by atoms with E-state index in [9.17, 15) is 71.0 Å². The summed E-state index contributed by atoms with van der Waals surface area (Å²) in [5.41, 5.74) is 0.561. The van der Waals surface area contributed by atoms with Crippen molar-refractivity contribution in [3.63, 3.8) is 0 Å². The van der Waals surface area contributed by atoms with Gasteiger partial charge in [0.15, 0.2) is 0 Å². The molecule has 0 spiro atoms. The maximum absolute atomic E-state index is 13.8. The Morgan fingerprint density at radius 2 is 1.00 bits per heavy atom. The summed E-state index contributed by atoms with van der Waals surface area (Å²) in [6, 6.07) is 7.72. The van der Waals surface area contributed by atoms with Crippen LogP contribution in [0.1, 0.15) is 24.8 Å². The molecule has 0 aliphatic heterocycles. The predicted molar refractivity (Wildman–Crippen MR) is 85.7 cm³/mol. The number of benzene rings is 1. The molecule has 16 heteroatoms. The fourth-order valence-corrected chi connectivity index (χ4v) is 2.71. The molecule has 0 amide bonds. The van der Waals surface area contributed by atoms with Gasteiger partial charge >= 0.3 is 41.7 Å². The number of hydrogen-bond acceptors (Lipinski definition) is 1. The first-order valence-corrected chi connectivity index (χ1v) is 9.03. The van der Waals surface area contributed by atoms with Crippen LogP contribution >= 0.6 is 0 Å². The number of alkyl halides is 15. The van der Waals surface area contributed by atoms with E-state index in [4.69, 9.17) is 0 Å². The van der Waals surface area contributed by atoms with Gasteiger partial charge < -0.3 is 5.11 Å². The lowest BCUT2D eigenvalue weighted by atomic mass is 9.88. The molecule has 0 heterocycles. The van der Waals surface area contributed by atoms with Crippen LogP contribution in [0.4, 0.5) is 65.9 Å². The molecule has 0 bridgehead atoms. The van der Waals surface area contributed by atoms with E-state index in [0.717, 1.165) is 0 Å². The van der Waals surface area contributed by atoms with Gasteiger partial charge in [-0.2, -0.15) is 65.9 Å². The van der Waals surface area contributed by atoms with Crippen LogP contribution in [0, 0.1) is 0 Å². The molecule has 0 aliphatic rings. The van der Waals surface area contributed by atoms with Crippen molar-refractivity contribution in [3.05, 3.63) is 35.9 Å². The maximum Gasteiger partial charge on any atom is 0.460 e. The van der Waals surface area contributed by atoms with Gasteiger partial charge in [-0.1, -0.05) is 30.3 Å². The zero-order chi connectivity index (χ0) is 27.0. The molecule has 198 valence electrons. The average molecular weight is 532 g/mol. The van der Waals surface area contributed by atoms with E-state index in [1.807, 2.05) is 0 Å². The lowest BCUT2D eigenvalue weighted by molar-refractivity contribution is -0.453. The topological polar surface area (TPSA) is 20.2 Å². The Bertz CT molecular complexity index is 801. The average Bonchev–Trinajstić information content (AvgIpc) is 2.66. The number of halogens is 15. The van der Waals surface area contributed by atoms with Crippen molar-refractivity contribution in [2.45, 2.75) is 73.5 Å². The molecule has 0 saturated carbocycles. The first-order chi connectivity index (χ1) is 15.0. The second-order valence-electron chi connectivity index (χ2n) is 7.31. The number of aryl methyl sites for hydroxylation is 1. The van der Waals surface area contributed by atoms with Gasteiger partial charge in [0.2, 0.25) is 0 Å². The number of aliphatic hydroxyl groups is 1. The Kier molecular flexibility index (Phi) is 8.25. The van der Waals surface area contributed by atoms with E-state index in [2.05, 4.69) is 0 Å². The first kappa shape index (κ1) is 30.2. The molecule has 0 aromatic heterocycles. The minimum Gasteiger partial charge on any atom is -0.393 e. The van der Waals surface area contributed by atoms with Crippen molar-refractivity contribution >= 4 is 0 Å². The van der Waals surface area contributed by atoms with E-state index in [1.54, 1.807) is 18.2 Å². The monoisotopic (exact) mass is 532 g/mol. The molecule has 1 rings (SSSR count). The van der Waals surface area contributed by atoms with Gasteiger partial charge in [-0.15, -0.1) is 0 Å². The van der Waals surface area contributed by atoms with E-state index in [1.165, 1.54) is 12.1 Å². The van der Waals surface area contributed by atoms with Crippen molar-refractivity contribution in [1.82, 2.24) is 0 Å². The van der Waals surface area contributed by atoms with Gasteiger partial charge in [-0.25, -0.2) is 0 Å². The third kappa shape index (κ3) is 5.05. The summed E-state index contributed by atoms with van der Waals surface area (Å²) in [6.45, 7) is 0. The van der Waals surface area contributed by atoms with Crippen LogP contribution in [0.3, 0.4) is 0 Å². The lowest BCUT2D eigenvalue weighted by Crippen LogP contribution is -2.72. The summed E-state index contributed by atoms with van der Waals surface area (Å²) in [6.07, 6.45) is -13.9. The highest BCUT2D eigenvalue weighted by molar-refractivity contribution is 5.15. The normalized spacial score (nSPS) is 16.0. The molecule has 0 radical (unpaired) electrons. The van der Waals surface area contributed by atoms with Gasteiger partial charge in [0.05, 0.1) is 6.10 Å². The van der Waals surface area contributed by atoms with E-state index in [-0.39, 0.29) is 12.8 Å². The number of aliphatic hydroxyl groups excluding tert-OH is 1. The Morgan fingerprint density at radius 3 is 1.44 bits per heavy atom. The molecule has 1 N–H and O–H groups in total. The molecule has 1 aromatic rings. The summed E-state index contributed by atoms with van der Waals surface area (Å²) in [4.78, 5) is 0. The van der Waals surface area contributed by atoms with E-state index >= 15 is 0 Å². The Morgan fingerprint density at radius 1 is 0.588 bits per heavy atom. The molecule has 0 fully saturated rings. The molecule has 1 aromatic carbocycles. The van der Waals surface area contributed by atoms with Crippen molar-refractivity contribution in [3.8, 4) is 0 Å². The maximum atomic E-state index is 13.8. The summed E-state index contributed by atoms with van der Waals surface area (Å²) in [5.74, 6) is -46.7. The molecule has 1 nitrogen and oxygen atoms in total. The Hall–Kier alpha value is -1.87. The third-order valence-electron chi connectivity index (χ3n) is 4.73. The van der Waals surface area contributed by atoms with Gasteiger partial charge in [0, 0.05) is 6.42 Å². The first-order valence-electron chi connectivity index (χ1n) is 9.03. The lowest BCUT2D eigenvalue weighted by Gasteiger charge is -2.41. The standard InChI is InChI=1S/C18H15F15O/c19-12(20,9-11(34)8-4-7-10-5-2-1-3-6-10)13(21,22)14(23,24)15(25,26)16(27,28)17(29,30)18(31,32)33/h1-3,5-6,11,34H,4,7-9H2. The van der Waals surface area contributed by atoms with Crippen LogP contribution in [0.25, 0.3) is 0 Å². The van der Waals surface area contributed by atoms with Crippen LogP contribution in [-0.4, -0.2) is 52.9 Å². The molecular weight excluding hydrogens is 517 g/mol. The van der Waals surface area contributed by atoms with Crippen LogP contribution in [0.2, 0.25) is 0 Å². The second kappa shape index (κ2) is 9.30. The largest absolute Gasteiger partial charge is 0.460 e. The number of rotatable bonds is 11. The summed E-state index contributed by atoms with van der Waals surface area (Å²) in [5, 5.41) is 9.43. The fraction of sp³-hybridized carbons (Fsp3) is 0.667. The summed E-state index contributed by atoms with van der Waals surface area (Å²) in [7, 11) is 0. The highest BCUT2D eigenvalue weighted by Crippen LogP contribution is 2.62. The molecule has 1 unspecified atom stereocenters. The van der Waals surface area contributed by atoms with Crippen molar-refractivity contribution in [2.75, 3.05) is 0 Å². The second-order valence-corrected chi connectivity index (χ2v) is 7.31. The van der Waals surface area contributed by atoms with Gasteiger partial charge in [0.25, 0.3) is 0 Å². The van der Waals surface area contributed by atoms with Crippen LogP contribution in [-0.2, 0) is 6.42 Å². The van der Waals surface area contributed by atoms with E-state index < -0.39 is 60.7 Å². The SMILES string of the molecule is OC(CCCc1ccccc1)CC(F)(F)C(F)(F)C(F)(F)C(F)(F)C(F)(F)C(F)(F)C(F)(F)F. The summed E-state index contributed by atoms with van der Waals surface area (Å²) < 4.78 is 197. The molecular formula is C18H15F15O. The highest BCUT2D eigenvalue weighted by Gasteiger charge is 2.93. The zero-order valence-electron chi connectivity index (χ0n) is 16.4. The number of hydrogen-bond donors (Lipinski definition) is 1. The zero-order valence-corrected chi connectivity index (χ0v) is 16.4. The minimum atomic E-state index is -8.32. The van der Waals surface area contributed by atoms with Crippen LogP contribution < -0.4 is 0 Å². The molecule has 34 heavy (non-hydrogen) atoms. The third-order valence-corrected chi connectivity index (χ3v) is 4.73. The van der Waals surface area contributed by atoms with E-state index in [0.29, 0.717) is 5.56 Å². The van der Waals surface area contributed by atoms with Gasteiger partial charge in [-0.05, 0) is 24.8 Å². The van der Waals surface area contributed by atoms with Gasteiger partial charge in [-0.3, -0.25) is 0 Å². The summed E-state index contributed by atoms with van der Waals surface area (Å²) >= 11 is 0. The quantitative estimate of drug-likeness (QED) is 0.301. The minimum absolute atomic E-state index is 0.0485. The Labute approximate surface area is 181 Å². The molecule has 0 aliphatic carbocycles. The Balaban J connectivity index is 3.13.